The van der Waals surface area contributed by atoms with E-state index in [1.54, 1.807) is 22.3 Å². The van der Waals surface area contributed by atoms with E-state index < -0.39 is 22.9 Å². The van der Waals surface area contributed by atoms with E-state index in [-0.39, 0.29) is 24.8 Å². The Morgan fingerprint density at radius 2 is 1.19 bits per heavy atom. The first-order chi connectivity index (χ1) is 9.17. The van der Waals surface area contributed by atoms with Gasteiger partial charge in [0, 0.05) is 0 Å². The van der Waals surface area contributed by atoms with Gasteiger partial charge in [0.05, 0.1) is 0 Å². The standard InChI is InChI=1S/2C9H13.2ClH.Hf/c2*1-3-4-9-6-5-8(2)7-9;;;/h2*6H,3-5H2,1-2H3;2*1H;/q;;;;+2/p-2. The van der Waals surface area contributed by atoms with Crippen LogP contribution in [0.25, 0.3) is 0 Å². The van der Waals surface area contributed by atoms with Gasteiger partial charge in [-0.3, -0.25) is 0 Å². The molecule has 0 unspecified atom stereocenters. The maximum Gasteiger partial charge on any atom is -1.00 e. The molecule has 21 heavy (non-hydrogen) atoms. The normalized spacial score (nSPS) is 17.1. The summed E-state index contributed by atoms with van der Waals surface area (Å²) >= 11 is -0.817. The van der Waals surface area contributed by atoms with Gasteiger partial charge in [0.15, 0.2) is 0 Å². The number of rotatable bonds is 6. The molecule has 0 fully saturated rings. The Balaban J connectivity index is 0.00000200. The maximum atomic E-state index is 2.51. The van der Waals surface area contributed by atoms with Gasteiger partial charge in [0.25, 0.3) is 0 Å². The molecule has 0 saturated heterocycles. The number of hydrogen-bond acceptors (Lipinski definition) is 0. The van der Waals surface area contributed by atoms with Crippen molar-refractivity contribution in [3.8, 4) is 0 Å². The molecule has 0 spiro atoms. The first-order valence-electron chi connectivity index (χ1n) is 7.72. The molecule has 2 aliphatic carbocycles. The molecule has 0 radical (unpaired) electrons. The Hall–Kier alpha value is 0.410. The molecular weight excluding hydrogens is 466 g/mol. The number of hydrogen-bond donors (Lipinski definition) is 0. The average molecular weight is 492 g/mol. The largest absolute Gasteiger partial charge is 1.00 e. The summed E-state index contributed by atoms with van der Waals surface area (Å²) in [5.41, 5.74) is 6.81. The second-order valence-corrected chi connectivity index (χ2v) is 10.3. The van der Waals surface area contributed by atoms with Crippen molar-refractivity contribution in [3.63, 3.8) is 0 Å². The fourth-order valence-electron chi connectivity index (χ4n) is 3.00. The Bertz CT molecular complexity index is 437. The molecule has 0 N–H and O–H groups in total. The Morgan fingerprint density at radius 3 is 1.52 bits per heavy atom. The monoisotopic (exact) mass is 492 g/mol. The number of allylic oxidation sites excluding steroid dienone is 8. The van der Waals surface area contributed by atoms with E-state index in [0.29, 0.717) is 0 Å². The summed E-state index contributed by atoms with van der Waals surface area (Å²) in [4.78, 5) is 0. The summed E-state index contributed by atoms with van der Waals surface area (Å²) in [7, 11) is 0. The smallest absolute Gasteiger partial charge is 1.00 e. The molecule has 2 aliphatic rings. The SMILES string of the molecule is CCCC1=CCC(C)=[C]1[Hf+2][C]1=C(C)CC=C1CCC.[Cl-].[Cl-]. The van der Waals surface area contributed by atoms with E-state index in [0.717, 1.165) is 0 Å². The van der Waals surface area contributed by atoms with Crippen LogP contribution in [-0.2, 0) is 22.9 Å². The Morgan fingerprint density at radius 1 is 0.810 bits per heavy atom. The maximum absolute atomic E-state index is 2.51. The van der Waals surface area contributed by atoms with E-state index in [1.807, 2.05) is 6.66 Å². The third-order valence-electron chi connectivity index (χ3n) is 4.09. The van der Waals surface area contributed by atoms with Gasteiger partial charge >= 0.3 is 130 Å². The van der Waals surface area contributed by atoms with Gasteiger partial charge in [-0.1, -0.05) is 0 Å². The molecule has 0 amide bonds. The van der Waals surface area contributed by atoms with Crippen LogP contribution in [0, 0.1) is 0 Å². The zero-order valence-corrected chi connectivity index (χ0v) is 18.8. The molecule has 116 valence electrons. The molecule has 0 bridgehead atoms. The second kappa shape index (κ2) is 10.2. The van der Waals surface area contributed by atoms with Crippen LogP contribution in [0.4, 0.5) is 0 Å². The number of halogens is 2. The molecule has 0 nitrogen and oxygen atoms in total. The van der Waals surface area contributed by atoms with Crippen LogP contribution >= 0.6 is 0 Å². The van der Waals surface area contributed by atoms with Crippen molar-refractivity contribution < 1.29 is 47.7 Å². The van der Waals surface area contributed by atoms with Crippen molar-refractivity contribution in [2.45, 2.75) is 66.2 Å². The summed E-state index contributed by atoms with van der Waals surface area (Å²) in [5, 5.41) is 0. The first kappa shape index (κ1) is 21.4. The van der Waals surface area contributed by atoms with Crippen molar-refractivity contribution in [3.05, 3.63) is 41.1 Å². The molecule has 0 aromatic carbocycles. The van der Waals surface area contributed by atoms with Crippen molar-refractivity contribution in [1.82, 2.24) is 0 Å². The predicted octanol–water partition coefficient (Wildman–Crippen LogP) is -0.115. The Kier molecular flexibility index (Phi) is 10.4. The summed E-state index contributed by atoms with van der Waals surface area (Å²) in [6.45, 7) is 9.36. The van der Waals surface area contributed by atoms with E-state index in [4.69, 9.17) is 0 Å². The van der Waals surface area contributed by atoms with E-state index >= 15 is 0 Å². The van der Waals surface area contributed by atoms with E-state index in [2.05, 4.69) is 39.8 Å². The molecule has 0 aromatic heterocycles. The minimum absolute atomic E-state index is 0. The van der Waals surface area contributed by atoms with Gasteiger partial charge in [0.1, 0.15) is 0 Å². The molecule has 0 aliphatic heterocycles. The predicted molar refractivity (Wildman–Crippen MR) is 80.6 cm³/mol. The van der Waals surface area contributed by atoms with Crippen molar-refractivity contribution in [2.75, 3.05) is 0 Å². The Labute approximate surface area is 154 Å². The fourth-order valence-corrected chi connectivity index (χ4v) is 8.95. The third kappa shape index (κ3) is 5.22. The molecular formula is C18H26Cl2Hf. The first-order valence-corrected chi connectivity index (χ1v) is 11.3. The summed E-state index contributed by atoms with van der Waals surface area (Å²) < 4.78 is 3.69. The zero-order chi connectivity index (χ0) is 13.8. The topological polar surface area (TPSA) is 0 Å². The van der Waals surface area contributed by atoms with Crippen LogP contribution in [0.15, 0.2) is 41.1 Å². The molecule has 0 aromatic rings. The van der Waals surface area contributed by atoms with Gasteiger partial charge in [-0.05, 0) is 0 Å². The van der Waals surface area contributed by atoms with Gasteiger partial charge in [0.2, 0.25) is 0 Å². The van der Waals surface area contributed by atoms with Crippen LogP contribution in [0.3, 0.4) is 0 Å². The van der Waals surface area contributed by atoms with Crippen LogP contribution in [-0.4, -0.2) is 0 Å². The molecule has 2 rings (SSSR count). The zero-order valence-electron chi connectivity index (χ0n) is 13.7. The molecule has 0 heterocycles. The fraction of sp³-hybridized carbons (Fsp3) is 0.556. The summed E-state index contributed by atoms with van der Waals surface area (Å²) in [6, 6.07) is 0. The van der Waals surface area contributed by atoms with Gasteiger partial charge < -0.3 is 24.8 Å². The van der Waals surface area contributed by atoms with Gasteiger partial charge in [-0.2, -0.15) is 0 Å². The quantitative estimate of drug-likeness (QED) is 0.455. The van der Waals surface area contributed by atoms with E-state index in [1.165, 1.54) is 38.5 Å². The minimum atomic E-state index is -0.817. The third-order valence-corrected chi connectivity index (χ3v) is 11.3. The van der Waals surface area contributed by atoms with Crippen LogP contribution < -0.4 is 24.8 Å². The molecule has 0 saturated carbocycles. The van der Waals surface area contributed by atoms with Crippen molar-refractivity contribution in [1.29, 1.82) is 0 Å². The van der Waals surface area contributed by atoms with Crippen molar-refractivity contribution >= 4 is 0 Å². The average Bonchev–Trinajstić information content (AvgIpc) is 2.90. The van der Waals surface area contributed by atoms with Gasteiger partial charge in [-0.25, -0.2) is 0 Å². The molecule has 0 atom stereocenters. The summed E-state index contributed by atoms with van der Waals surface area (Å²) in [5.74, 6) is 0. The van der Waals surface area contributed by atoms with Crippen LogP contribution in [0.5, 0.6) is 0 Å². The van der Waals surface area contributed by atoms with Crippen LogP contribution in [0.1, 0.15) is 66.2 Å². The minimum Gasteiger partial charge on any atom is -1.00 e. The molecule has 3 heteroatoms. The van der Waals surface area contributed by atoms with Gasteiger partial charge in [-0.15, -0.1) is 0 Å². The van der Waals surface area contributed by atoms with Crippen LogP contribution in [0.2, 0.25) is 0 Å². The summed E-state index contributed by atoms with van der Waals surface area (Å²) in [6.07, 6.45) is 12.7. The second-order valence-electron chi connectivity index (χ2n) is 5.80. The van der Waals surface area contributed by atoms with E-state index in [9.17, 15) is 0 Å². The van der Waals surface area contributed by atoms with Crippen molar-refractivity contribution in [2.24, 2.45) is 0 Å².